The number of likely N-dealkylation sites (N-methyl/N-ethyl adjacent to an activating group) is 1. The quantitative estimate of drug-likeness (QED) is 0.663. The largest absolute Gasteiger partial charge is 0.355 e. The van der Waals surface area contributed by atoms with Crippen LogP contribution >= 0.6 is 12.4 Å². The van der Waals surface area contributed by atoms with E-state index in [1.807, 2.05) is 13.1 Å². The van der Waals surface area contributed by atoms with Gasteiger partial charge in [-0.15, -0.1) is 12.4 Å². The first kappa shape index (κ1) is 19.4. The van der Waals surface area contributed by atoms with Crippen molar-refractivity contribution < 1.29 is 9.59 Å². The molecule has 2 amide bonds. The first-order chi connectivity index (χ1) is 12.7. The van der Waals surface area contributed by atoms with Gasteiger partial charge in [0.15, 0.2) is 0 Å². The van der Waals surface area contributed by atoms with E-state index in [1.165, 1.54) is 22.3 Å². The van der Waals surface area contributed by atoms with Crippen LogP contribution in [0.1, 0.15) is 17.5 Å². The number of halogens is 1. The summed E-state index contributed by atoms with van der Waals surface area (Å²) in [5.74, 6) is -0.288. The molecule has 1 atom stereocenters. The molecular formula is C21H24ClN3O2. The molecule has 1 saturated heterocycles. The summed E-state index contributed by atoms with van der Waals surface area (Å²) in [5, 5.41) is 5.89. The Kier molecular flexibility index (Phi) is 5.82. The topological polar surface area (TPSA) is 61.4 Å². The highest BCUT2D eigenvalue weighted by atomic mass is 35.5. The Balaban J connectivity index is 0.00000210. The van der Waals surface area contributed by atoms with Crippen molar-refractivity contribution in [1.82, 2.24) is 10.6 Å². The molecule has 0 saturated carbocycles. The SMILES string of the molecule is CNCCNC(=O)C1CC(=O)N(c2ccc3c(c2)Cc2ccccc2-3)C1.Cl. The van der Waals surface area contributed by atoms with Gasteiger partial charge in [-0.25, -0.2) is 0 Å². The normalized spacial score (nSPS) is 17.3. The molecule has 2 aromatic rings. The fraction of sp³-hybridized carbons (Fsp3) is 0.333. The number of nitrogens with zero attached hydrogens (tertiary/aromatic N) is 1. The predicted molar refractivity (Wildman–Crippen MR) is 109 cm³/mol. The average Bonchev–Trinajstić information content (AvgIpc) is 3.21. The van der Waals surface area contributed by atoms with Gasteiger partial charge in [-0.3, -0.25) is 9.59 Å². The maximum absolute atomic E-state index is 12.5. The summed E-state index contributed by atoms with van der Waals surface area (Å²) in [5.41, 5.74) is 6.00. The smallest absolute Gasteiger partial charge is 0.227 e. The van der Waals surface area contributed by atoms with Crippen molar-refractivity contribution in [2.45, 2.75) is 12.8 Å². The van der Waals surface area contributed by atoms with Crippen molar-refractivity contribution in [3.05, 3.63) is 53.6 Å². The van der Waals surface area contributed by atoms with E-state index in [0.717, 1.165) is 18.7 Å². The lowest BCUT2D eigenvalue weighted by Crippen LogP contribution is -2.36. The standard InChI is InChI=1S/C21H23N3O2.ClH/c1-22-8-9-23-21(26)16-12-20(25)24(13-16)17-6-7-19-15(11-17)10-14-4-2-3-5-18(14)19;/h2-7,11,16,22H,8-10,12-13H2,1H3,(H,23,26);1H. The Bertz CT molecular complexity index is 868. The van der Waals surface area contributed by atoms with Crippen LogP contribution in [0.25, 0.3) is 11.1 Å². The van der Waals surface area contributed by atoms with Crippen LogP contribution in [0.15, 0.2) is 42.5 Å². The van der Waals surface area contributed by atoms with Gasteiger partial charge in [0.05, 0.1) is 5.92 Å². The third-order valence-electron chi connectivity index (χ3n) is 5.26. The summed E-state index contributed by atoms with van der Waals surface area (Å²) in [4.78, 5) is 26.5. The lowest BCUT2D eigenvalue weighted by molar-refractivity contribution is -0.126. The van der Waals surface area contributed by atoms with Gasteiger partial charge in [0, 0.05) is 31.7 Å². The van der Waals surface area contributed by atoms with Crippen LogP contribution in [-0.2, 0) is 16.0 Å². The number of hydrogen-bond donors (Lipinski definition) is 2. The van der Waals surface area contributed by atoms with Gasteiger partial charge < -0.3 is 15.5 Å². The second kappa shape index (κ2) is 8.11. The van der Waals surface area contributed by atoms with Gasteiger partial charge in [0.2, 0.25) is 11.8 Å². The van der Waals surface area contributed by atoms with Crippen molar-refractivity contribution in [2.75, 3.05) is 31.6 Å². The zero-order valence-electron chi connectivity index (χ0n) is 15.3. The molecule has 0 spiro atoms. The molecule has 0 aromatic heterocycles. The number of rotatable bonds is 5. The maximum atomic E-state index is 12.5. The highest BCUT2D eigenvalue weighted by Crippen LogP contribution is 2.39. The molecule has 0 bridgehead atoms. The lowest BCUT2D eigenvalue weighted by atomic mass is 10.1. The van der Waals surface area contributed by atoms with Crippen LogP contribution in [0.3, 0.4) is 0 Å². The number of benzene rings is 2. The highest BCUT2D eigenvalue weighted by Gasteiger charge is 2.35. The van der Waals surface area contributed by atoms with Gasteiger partial charge in [0.1, 0.15) is 0 Å². The van der Waals surface area contributed by atoms with Gasteiger partial charge in [-0.1, -0.05) is 30.3 Å². The summed E-state index contributed by atoms with van der Waals surface area (Å²) in [7, 11) is 1.85. The minimum atomic E-state index is -0.273. The van der Waals surface area contributed by atoms with Crippen LogP contribution in [0.2, 0.25) is 0 Å². The molecule has 1 heterocycles. The monoisotopic (exact) mass is 385 g/mol. The van der Waals surface area contributed by atoms with Crippen LogP contribution in [0.5, 0.6) is 0 Å². The van der Waals surface area contributed by atoms with Crippen molar-refractivity contribution in [3.8, 4) is 11.1 Å². The highest BCUT2D eigenvalue weighted by molar-refractivity contribution is 6.00. The van der Waals surface area contributed by atoms with Gasteiger partial charge in [0.25, 0.3) is 0 Å². The van der Waals surface area contributed by atoms with Crippen LogP contribution in [-0.4, -0.2) is 38.5 Å². The molecule has 142 valence electrons. The Morgan fingerprint density at radius 3 is 2.70 bits per heavy atom. The van der Waals surface area contributed by atoms with E-state index >= 15 is 0 Å². The molecule has 27 heavy (non-hydrogen) atoms. The van der Waals surface area contributed by atoms with Crippen LogP contribution in [0, 0.1) is 5.92 Å². The van der Waals surface area contributed by atoms with E-state index in [0.29, 0.717) is 13.1 Å². The van der Waals surface area contributed by atoms with E-state index in [9.17, 15) is 9.59 Å². The fourth-order valence-corrected chi connectivity index (χ4v) is 3.89. The summed E-state index contributed by atoms with van der Waals surface area (Å²) >= 11 is 0. The Labute approximate surface area is 165 Å². The number of hydrogen-bond acceptors (Lipinski definition) is 3. The van der Waals surface area contributed by atoms with E-state index < -0.39 is 0 Å². The number of anilines is 1. The molecule has 2 N–H and O–H groups in total. The molecule has 4 rings (SSSR count). The molecule has 0 radical (unpaired) electrons. The second-order valence-electron chi connectivity index (χ2n) is 6.98. The van der Waals surface area contributed by atoms with Crippen LogP contribution < -0.4 is 15.5 Å². The summed E-state index contributed by atoms with van der Waals surface area (Å²) in [6.45, 7) is 1.76. The Hall–Kier alpha value is -2.37. The van der Waals surface area contributed by atoms with Crippen molar-refractivity contribution in [1.29, 1.82) is 0 Å². The number of nitrogens with one attached hydrogen (secondary N) is 2. The van der Waals surface area contributed by atoms with Crippen LogP contribution in [0.4, 0.5) is 5.69 Å². The zero-order valence-corrected chi connectivity index (χ0v) is 16.1. The third-order valence-corrected chi connectivity index (χ3v) is 5.26. The molecule has 2 aliphatic rings. The molecule has 1 unspecified atom stereocenters. The first-order valence-electron chi connectivity index (χ1n) is 9.11. The predicted octanol–water partition coefficient (Wildman–Crippen LogP) is 2.37. The number of fused-ring (bicyclic) bond motifs is 3. The number of amides is 2. The maximum Gasteiger partial charge on any atom is 0.227 e. The van der Waals surface area contributed by atoms with Crippen molar-refractivity contribution in [3.63, 3.8) is 0 Å². The Morgan fingerprint density at radius 1 is 1.11 bits per heavy atom. The fourth-order valence-electron chi connectivity index (χ4n) is 3.89. The molecule has 1 fully saturated rings. The first-order valence-corrected chi connectivity index (χ1v) is 9.11. The van der Waals surface area contributed by atoms with Gasteiger partial charge >= 0.3 is 0 Å². The van der Waals surface area contributed by atoms with E-state index in [-0.39, 0.29) is 36.6 Å². The minimum absolute atomic E-state index is 0. The van der Waals surface area contributed by atoms with Crippen molar-refractivity contribution in [2.24, 2.45) is 5.92 Å². The molecule has 1 aliphatic heterocycles. The number of carbonyl (C=O) groups is 2. The minimum Gasteiger partial charge on any atom is -0.355 e. The van der Waals surface area contributed by atoms with Gasteiger partial charge in [-0.05, 0) is 47.9 Å². The zero-order chi connectivity index (χ0) is 18.1. The molecule has 2 aromatic carbocycles. The Morgan fingerprint density at radius 2 is 1.89 bits per heavy atom. The lowest BCUT2D eigenvalue weighted by Gasteiger charge is -2.18. The summed E-state index contributed by atoms with van der Waals surface area (Å²) < 4.78 is 0. The summed E-state index contributed by atoms with van der Waals surface area (Å²) in [6, 6.07) is 14.6. The third kappa shape index (κ3) is 3.70. The molecule has 6 heteroatoms. The molecular weight excluding hydrogens is 362 g/mol. The molecule has 1 aliphatic carbocycles. The van der Waals surface area contributed by atoms with E-state index in [4.69, 9.17) is 0 Å². The second-order valence-corrected chi connectivity index (χ2v) is 6.98. The summed E-state index contributed by atoms with van der Waals surface area (Å²) in [6.07, 6.45) is 1.18. The van der Waals surface area contributed by atoms with Crippen molar-refractivity contribution >= 4 is 29.9 Å². The van der Waals surface area contributed by atoms with Gasteiger partial charge in [-0.2, -0.15) is 0 Å². The molecule has 5 nitrogen and oxygen atoms in total. The average molecular weight is 386 g/mol. The number of carbonyl (C=O) groups excluding carboxylic acids is 2. The van der Waals surface area contributed by atoms with E-state index in [2.05, 4.69) is 47.0 Å². The van der Waals surface area contributed by atoms with E-state index in [1.54, 1.807) is 4.90 Å².